The summed E-state index contributed by atoms with van der Waals surface area (Å²) in [6.45, 7) is 0.594. The van der Waals surface area contributed by atoms with Crippen LogP contribution in [0.25, 0.3) is 0 Å². The number of hydrogen-bond acceptors (Lipinski definition) is 5. The maximum Gasteiger partial charge on any atom is 0.173 e. The van der Waals surface area contributed by atoms with E-state index in [1.807, 2.05) is 6.07 Å². The molecule has 0 spiro atoms. The normalized spacial score (nSPS) is 22.1. The molecule has 84 valence electrons. The molecule has 1 aromatic rings. The number of thiophene rings is 1. The number of nitriles is 1. The van der Waals surface area contributed by atoms with Crippen LogP contribution in [0.1, 0.15) is 9.75 Å². The van der Waals surface area contributed by atoms with E-state index in [9.17, 15) is 8.42 Å². The second-order valence-corrected chi connectivity index (χ2v) is 6.62. The number of rotatable bonds is 3. The summed E-state index contributed by atoms with van der Waals surface area (Å²) in [5.74, 6) is 0.128. The van der Waals surface area contributed by atoms with E-state index in [4.69, 9.17) is 5.26 Å². The molecule has 1 aromatic heterocycles. The minimum atomic E-state index is -2.99. The molecule has 0 fully saturated rings. The Kier molecular flexibility index (Phi) is 3.10. The average Bonchev–Trinajstić information content (AvgIpc) is 2.81. The molecule has 4 nitrogen and oxygen atoms in total. The molecule has 1 atom stereocenters. The Hall–Kier alpha value is -1.16. The molecule has 0 saturated heterocycles. The molecule has 2 heterocycles. The Bertz CT molecular complexity index is 552. The molecule has 1 N–H and O–H groups in total. The van der Waals surface area contributed by atoms with Crippen molar-refractivity contribution in [2.75, 3.05) is 5.75 Å². The van der Waals surface area contributed by atoms with Crippen LogP contribution in [-0.4, -0.2) is 20.2 Å². The van der Waals surface area contributed by atoms with Crippen LogP contribution >= 0.6 is 11.3 Å². The first-order valence-corrected chi connectivity index (χ1v) is 7.25. The zero-order valence-corrected chi connectivity index (χ0v) is 10.0. The van der Waals surface area contributed by atoms with Crippen molar-refractivity contribution >= 4 is 21.2 Å². The third-order valence-corrected chi connectivity index (χ3v) is 4.63. The molecule has 0 radical (unpaired) electrons. The van der Waals surface area contributed by atoms with Crippen LogP contribution in [0, 0.1) is 11.3 Å². The van der Waals surface area contributed by atoms with Gasteiger partial charge in [0.15, 0.2) is 9.84 Å². The van der Waals surface area contributed by atoms with Crippen LogP contribution in [0.3, 0.4) is 0 Å². The summed E-state index contributed by atoms with van der Waals surface area (Å²) in [5, 5.41) is 13.0. The molecule has 1 aliphatic heterocycles. The van der Waals surface area contributed by atoms with E-state index in [1.165, 1.54) is 16.7 Å². The Balaban J connectivity index is 1.90. The van der Waals surface area contributed by atoms with E-state index < -0.39 is 9.84 Å². The van der Waals surface area contributed by atoms with Crippen molar-refractivity contribution in [1.29, 1.82) is 5.26 Å². The van der Waals surface area contributed by atoms with Crippen molar-refractivity contribution < 1.29 is 8.42 Å². The molecule has 0 saturated carbocycles. The van der Waals surface area contributed by atoms with E-state index in [-0.39, 0.29) is 11.8 Å². The van der Waals surface area contributed by atoms with Crippen LogP contribution in [0.2, 0.25) is 0 Å². The lowest BCUT2D eigenvalue weighted by Gasteiger charge is -2.07. The smallest absolute Gasteiger partial charge is 0.173 e. The predicted molar refractivity (Wildman–Crippen MR) is 62.6 cm³/mol. The van der Waals surface area contributed by atoms with Gasteiger partial charge in [-0.25, -0.2) is 8.42 Å². The van der Waals surface area contributed by atoms with Crippen molar-refractivity contribution in [2.45, 2.75) is 12.6 Å². The molecule has 0 bridgehead atoms. The van der Waals surface area contributed by atoms with Crippen LogP contribution in [-0.2, 0) is 16.4 Å². The molecule has 1 unspecified atom stereocenters. The first kappa shape index (κ1) is 11.3. The maximum absolute atomic E-state index is 11.1. The van der Waals surface area contributed by atoms with E-state index in [2.05, 4.69) is 11.4 Å². The largest absolute Gasteiger partial charge is 0.305 e. The first-order valence-electron chi connectivity index (χ1n) is 4.72. The van der Waals surface area contributed by atoms with Gasteiger partial charge in [-0.2, -0.15) is 5.26 Å². The Morgan fingerprint density at radius 3 is 2.94 bits per heavy atom. The molecular weight excluding hydrogens is 244 g/mol. The summed E-state index contributed by atoms with van der Waals surface area (Å²) in [4.78, 5) is 1.71. The molecule has 2 rings (SSSR count). The Morgan fingerprint density at radius 2 is 2.38 bits per heavy atom. The summed E-state index contributed by atoms with van der Waals surface area (Å²) >= 11 is 1.42. The summed E-state index contributed by atoms with van der Waals surface area (Å²) < 4.78 is 22.3. The van der Waals surface area contributed by atoms with Gasteiger partial charge in [0.05, 0.1) is 5.75 Å². The van der Waals surface area contributed by atoms with Crippen molar-refractivity contribution in [1.82, 2.24) is 5.32 Å². The number of nitrogens with zero attached hydrogens (tertiary/aromatic N) is 1. The van der Waals surface area contributed by atoms with Crippen molar-refractivity contribution in [3.63, 3.8) is 0 Å². The third kappa shape index (κ3) is 2.70. The van der Waals surface area contributed by atoms with Crippen molar-refractivity contribution in [3.05, 3.63) is 33.4 Å². The molecule has 16 heavy (non-hydrogen) atoms. The van der Waals surface area contributed by atoms with Gasteiger partial charge in [0.25, 0.3) is 0 Å². The zero-order chi connectivity index (χ0) is 11.6. The van der Waals surface area contributed by atoms with Crippen LogP contribution < -0.4 is 5.32 Å². The number of nitrogens with one attached hydrogen (secondary N) is 1. The molecule has 0 aliphatic carbocycles. The van der Waals surface area contributed by atoms with Gasteiger partial charge in [-0.1, -0.05) is 6.08 Å². The first-order chi connectivity index (χ1) is 7.59. The van der Waals surface area contributed by atoms with Gasteiger partial charge in [-0.3, -0.25) is 0 Å². The molecule has 0 amide bonds. The highest BCUT2D eigenvalue weighted by atomic mass is 32.2. The number of hydrogen-bond donors (Lipinski definition) is 1. The fourth-order valence-corrected chi connectivity index (χ4v) is 3.49. The van der Waals surface area contributed by atoms with Gasteiger partial charge >= 0.3 is 0 Å². The fraction of sp³-hybridized carbons (Fsp3) is 0.300. The summed E-state index contributed by atoms with van der Waals surface area (Å²) in [7, 11) is -2.99. The zero-order valence-electron chi connectivity index (χ0n) is 8.38. The van der Waals surface area contributed by atoms with E-state index >= 15 is 0 Å². The van der Waals surface area contributed by atoms with Crippen molar-refractivity contribution in [3.8, 4) is 6.07 Å². The highest BCUT2D eigenvalue weighted by Gasteiger charge is 2.20. The van der Waals surface area contributed by atoms with Gasteiger partial charge in [0.1, 0.15) is 10.9 Å². The lowest BCUT2D eigenvalue weighted by atomic mass is 10.3. The summed E-state index contributed by atoms with van der Waals surface area (Å²) in [5.41, 5.74) is 0. The standard InChI is InChI=1S/C10H10N2O2S2/c11-5-9-1-2-10(15-9)6-12-8-3-4-16(13,14)7-8/h1-4,8,12H,6-7H2. The minimum Gasteiger partial charge on any atom is -0.305 e. The lowest BCUT2D eigenvalue weighted by molar-refractivity contribution is 0.591. The maximum atomic E-state index is 11.1. The van der Waals surface area contributed by atoms with Gasteiger partial charge < -0.3 is 5.32 Å². The van der Waals surface area contributed by atoms with E-state index in [0.717, 1.165) is 4.88 Å². The molecule has 0 aromatic carbocycles. The Labute approximate surface area is 98.1 Å². The number of sulfone groups is 1. The predicted octanol–water partition coefficient (Wildman–Crippen LogP) is 1.02. The van der Waals surface area contributed by atoms with E-state index in [0.29, 0.717) is 11.4 Å². The second kappa shape index (κ2) is 4.37. The quantitative estimate of drug-likeness (QED) is 0.874. The van der Waals surface area contributed by atoms with Gasteiger partial charge in [-0.15, -0.1) is 11.3 Å². The van der Waals surface area contributed by atoms with Gasteiger partial charge in [0.2, 0.25) is 0 Å². The van der Waals surface area contributed by atoms with Crippen LogP contribution in [0.15, 0.2) is 23.6 Å². The van der Waals surface area contributed by atoms with Gasteiger partial charge in [-0.05, 0) is 12.1 Å². The average molecular weight is 254 g/mol. The molecule has 6 heteroatoms. The third-order valence-electron chi connectivity index (χ3n) is 2.24. The lowest BCUT2D eigenvalue weighted by Crippen LogP contribution is -2.29. The Morgan fingerprint density at radius 1 is 1.56 bits per heavy atom. The van der Waals surface area contributed by atoms with Crippen LogP contribution in [0.5, 0.6) is 0 Å². The SMILES string of the molecule is N#Cc1ccc(CNC2C=CS(=O)(=O)C2)s1. The van der Waals surface area contributed by atoms with Gasteiger partial charge in [0, 0.05) is 22.9 Å². The fourth-order valence-electron chi connectivity index (χ4n) is 1.47. The molecule has 1 aliphatic rings. The summed E-state index contributed by atoms with van der Waals surface area (Å²) in [6.07, 6.45) is 1.66. The highest BCUT2D eigenvalue weighted by Crippen LogP contribution is 2.16. The van der Waals surface area contributed by atoms with Crippen molar-refractivity contribution in [2.24, 2.45) is 0 Å². The summed E-state index contributed by atoms with van der Waals surface area (Å²) in [6, 6.07) is 5.60. The molecular formula is C10H10N2O2S2. The minimum absolute atomic E-state index is 0.113. The topological polar surface area (TPSA) is 70.0 Å². The van der Waals surface area contributed by atoms with E-state index in [1.54, 1.807) is 12.1 Å². The van der Waals surface area contributed by atoms with Crippen LogP contribution in [0.4, 0.5) is 0 Å². The highest BCUT2D eigenvalue weighted by molar-refractivity contribution is 7.94. The second-order valence-electron chi connectivity index (χ2n) is 3.52. The monoisotopic (exact) mass is 254 g/mol.